The number of pyridine rings is 1. The smallest absolute Gasteiger partial charge is 0.322 e. The number of hydrogen-bond donors (Lipinski definition) is 1. The third kappa shape index (κ3) is 3.95. The fourth-order valence-corrected chi connectivity index (χ4v) is 2.25. The highest BCUT2D eigenvalue weighted by molar-refractivity contribution is 9.10. The van der Waals surface area contributed by atoms with Gasteiger partial charge >= 0.3 is 6.18 Å². The standard InChI is InChI=1S/C13H7BrClF3N2O/c14-8-3-7(13(16,17)18)4-9(5-8)20-12(21)10-6-19-2-1-11(10)15/h1-6H,(H,20,21). The summed E-state index contributed by atoms with van der Waals surface area (Å²) in [7, 11) is 0. The number of anilines is 1. The molecule has 0 fully saturated rings. The van der Waals surface area contributed by atoms with Gasteiger partial charge in [0, 0.05) is 22.6 Å². The molecule has 0 bridgehead atoms. The normalized spacial score (nSPS) is 11.3. The van der Waals surface area contributed by atoms with E-state index in [4.69, 9.17) is 11.6 Å². The number of amides is 1. The summed E-state index contributed by atoms with van der Waals surface area (Å²) < 4.78 is 38.3. The second-order valence-electron chi connectivity index (χ2n) is 4.04. The monoisotopic (exact) mass is 378 g/mol. The van der Waals surface area contributed by atoms with Crippen LogP contribution in [0.1, 0.15) is 15.9 Å². The first-order valence-electron chi connectivity index (χ1n) is 5.56. The summed E-state index contributed by atoms with van der Waals surface area (Å²) in [6.45, 7) is 0. The summed E-state index contributed by atoms with van der Waals surface area (Å²) in [4.78, 5) is 15.7. The highest BCUT2D eigenvalue weighted by Gasteiger charge is 2.31. The van der Waals surface area contributed by atoms with Crippen LogP contribution >= 0.6 is 27.5 Å². The number of halogens is 5. The molecular weight excluding hydrogens is 373 g/mol. The molecule has 0 aliphatic heterocycles. The molecule has 3 nitrogen and oxygen atoms in total. The zero-order chi connectivity index (χ0) is 15.6. The van der Waals surface area contributed by atoms with Gasteiger partial charge in [-0.15, -0.1) is 0 Å². The minimum Gasteiger partial charge on any atom is -0.322 e. The number of alkyl halides is 3. The second-order valence-corrected chi connectivity index (χ2v) is 5.36. The van der Waals surface area contributed by atoms with Crippen LogP contribution in [0.4, 0.5) is 18.9 Å². The van der Waals surface area contributed by atoms with Gasteiger partial charge in [0.25, 0.3) is 5.91 Å². The van der Waals surface area contributed by atoms with Gasteiger partial charge in [0.05, 0.1) is 16.1 Å². The zero-order valence-corrected chi connectivity index (χ0v) is 12.6. The Bertz CT molecular complexity index is 691. The Morgan fingerprint density at radius 3 is 2.62 bits per heavy atom. The fourth-order valence-electron chi connectivity index (χ4n) is 1.57. The molecule has 0 saturated heterocycles. The number of rotatable bonds is 2. The van der Waals surface area contributed by atoms with Crippen molar-refractivity contribution in [1.82, 2.24) is 4.98 Å². The van der Waals surface area contributed by atoms with Crippen LogP contribution in [0.2, 0.25) is 5.02 Å². The molecule has 21 heavy (non-hydrogen) atoms. The average molecular weight is 380 g/mol. The molecule has 0 aliphatic carbocycles. The molecule has 110 valence electrons. The number of hydrogen-bond acceptors (Lipinski definition) is 2. The van der Waals surface area contributed by atoms with Crippen LogP contribution < -0.4 is 5.32 Å². The first-order chi connectivity index (χ1) is 9.77. The zero-order valence-electron chi connectivity index (χ0n) is 10.2. The van der Waals surface area contributed by atoms with E-state index in [1.165, 1.54) is 24.5 Å². The van der Waals surface area contributed by atoms with Crippen molar-refractivity contribution in [1.29, 1.82) is 0 Å². The number of carbonyl (C=O) groups is 1. The minimum absolute atomic E-state index is 0.00150. The molecule has 0 radical (unpaired) electrons. The molecule has 1 heterocycles. The summed E-state index contributed by atoms with van der Waals surface area (Å²) >= 11 is 8.81. The lowest BCUT2D eigenvalue weighted by Crippen LogP contribution is -2.14. The van der Waals surface area contributed by atoms with E-state index in [0.29, 0.717) is 0 Å². The Morgan fingerprint density at radius 1 is 1.29 bits per heavy atom. The molecule has 2 rings (SSSR count). The second kappa shape index (κ2) is 6.03. The lowest BCUT2D eigenvalue weighted by molar-refractivity contribution is -0.137. The van der Waals surface area contributed by atoms with E-state index in [2.05, 4.69) is 26.2 Å². The van der Waals surface area contributed by atoms with Crippen molar-refractivity contribution in [2.45, 2.75) is 6.18 Å². The molecule has 1 aromatic carbocycles. The van der Waals surface area contributed by atoms with Crippen LogP contribution in [0.25, 0.3) is 0 Å². The Hall–Kier alpha value is -1.60. The van der Waals surface area contributed by atoms with Crippen molar-refractivity contribution in [2.24, 2.45) is 0 Å². The molecule has 1 amide bonds. The van der Waals surface area contributed by atoms with Crippen molar-refractivity contribution in [3.05, 3.63) is 57.3 Å². The highest BCUT2D eigenvalue weighted by Crippen LogP contribution is 2.33. The van der Waals surface area contributed by atoms with Gasteiger partial charge in [0.2, 0.25) is 0 Å². The molecular formula is C13H7BrClF3N2O. The molecule has 0 aliphatic rings. The molecule has 8 heteroatoms. The van der Waals surface area contributed by atoms with Gasteiger partial charge < -0.3 is 5.32 Å². The predicted molar refractivity (Wildman–Crippen MR) is 76.3 cm³/mol. The van der Waals surface area contributed by atoms with Gasteiger partial charge in [0.15, 0.2) is 0 Å². The highest BCUT2D eigenvalue weighted by atomic mass is 79.9. The van der Waals surface area contributed by atoms with E-state index in [-0.39, 0.29) is 20.7 Å². The van der Waals surface area contributed by atoms with Gasteiger partial charge in [-0.1, -0.05) is 27.5 Å². The van der Waals surface area contributed by atoms with E-state index in [1.807, 2.05) is 0 Å². The summed E-state index contributed by atoms with van der Waals surface area (Å²) in [6, 6.07) is 4.54. The number of benzene rings is 1. The molecule has 0 saturated carbocycles. The average Bonchev–Trinajstić information content (AvgIpc) is 2.37. The van der Waals surface area contributed by atoms with Crippen molar-refractivity contribution in [2.75, 3.05) is 5.32 Å². The first-order valence-corrected chi connectivity index (χ1v) is 6.73. The van der Waals surface area contributed by atoms with E-state index >= 15 is 0 Å². The summed E-state index contributed by atoms with van der Waals surface area (Å²) in [5.74, 6) is -0.640. The number of carbonyl (C=O) groups excluding carboxylic acids is 1. The Labute approximate surface area is 131 Å². The molecule has 0 spiro atoms. The minimum atomic E-state index is -4.50. The van der Waals surface area contributed by atoms with Crippen molar-refractivity contribution in [3.8, 4) is 0 Å². The van der Waals surface area contributed by atoms with Gasteiger partial charge in [-0.25, -0.2) is 0 Å². The quantitative estimate of drug-likeness (QED) is 0.817. The van der Waals surface area contributed by atoms with Crippen LogP contribution in [0.3, 0.4) is 0 Å². The van der Waals surface area contributed by atoms with E-state index in [1.54, 1.807) is 0 Å². The topological polar surface area (TPSA) is 42.0 Å². The summed E-state index contributed by atoms with van der Waals surface area (Å²) in [5.41, 5.74) is -0.793. The Morgan fingerprint density at radius 2 is 2.00 bits per heavy atom. The SMILES string of the molecule is O=C(Nc1cc(Br)cc(C(F)(F)F)c1)c1cnccc1Cl. The van der Waals surface area contributed by atoms with Crippen molar-refractivity contribution in [3.63, 3.8) is 0 Å². The maximum atomic E-state index is 12.7. The van der Waals surface area contributed by atoms with Gasteiger partial charge in [-0.05, 0) is 24.3 Å². The summed E-state index contributed by atoms with van der Waals surface area (Å²) in [5, 5.41) is 2.52. The largest absolute Gasteiger partial charge is 0.416 e. The molecule has 2 aromatic rings. The summed E-state index contributed by atoms with van der Waals surface area (Å²) in [6.07, 6.45) is -1.87. The number of nitrogens with one attached hydrogen (secondary N) is 1. The third-order valence-electron chi connectivity index (χ3n) is 2.50. The van der Waals surface area contributed by atoms with Crippen LogP contribution in [-0.4, -0.2) is 10.9 Å². The van der Waals surface area contributed by atoms with Crippen molar-refractivity contribution < 1.29 is 18.0 Å². The third-order valence-corrected chi connectivity index (χ3v) is 3.28. The maximum absolute atomic E-state index is 12.7. The van der Waals surface area contributed by atoms with Gasteiger partial charge in [-0.3, -0.25) is 9.78 Å². The van der Waals surface area contributed by atoms with Crippen LogP contribution in [-0.2, 0) is 6.18 Å². The molecule has 0 unspecified atom stereocenters. The van der Waals surface area contributed by atoms with Gasteiger partial charge in [0.1, 0.15) is 0 Å². The lowest BCUT2D eigenvalue weighted by Gasteiger charge is -2.11. The van der Waals surface area contributed by atoms with E-state index in [0.717, 1.165) is 12.1 Å². The first kappa shape index (κ1) is 15.8. The van der Waals surface area contributed by atoms with Gasteiger partial charge in [-0.2, -0.15) is 13.2 Å². The fraction of sp³-hybridized carbons (Fsp3) is 0.0769. The predicted octanol–water partition coefficient (Wildman–Crippen LogP) is 4.77. The van der Waals surface area contributed by atoms with Crippen molar-refractivity contribution >= 4 is 39.1 Å². The Balaban J connectivity index is 2.30. The molecule has 0 atom stereocenters. The van der Waals surface area contributed by atoms with Crippen LogP contribution in [0.5, 0.6) is 0 Å². The van der Waals surface area contributed by atoms with E-state index in [9.17, 15) is 18.0 Å². The van der Waals surface area contributed by atoms with E-state index < -0.39 is 17.6 Å². The Kier molecular flexibility index (Phi) is 4.53. The lowest BCUT2D eigenvalue weighted by atomic mass is 10.2. The maximum Gasteiger partial charge on any atom is 0.416 e. The van der Waals surface area contributed by atoms with Crippen LogP contribution in [0, 0.1) is 0 Å². The molecule has 1 aromatic heterocycles. The van der Waals surface area contributed by atoms with Crippen LogP contribution in [0.15, 0.2) is 41.1 Å². The molecule has 1 N–H and O–H groups in total. The number of aromatic nitrogens is 1. The number of nitrogens with zero attached hydrogens (tertiary/aromatic N) is 1.